The van der Waals surface area contributed by atoms with Crippen LogP contribution in [0.1, 0.15) is 0 Å². The summed E-state index contributed by atoms with van der Waals surface area (Å²) >= 11 is 0. The Morgan fingerprint density at radius 3 is 1.87 bits per heavy atom. The molecule has 0 spiro atoms. The first kappa shape index (κ1) is 29.9. The normalized spacial score (nSPS) is 12.0. The minimum atomic E-state index is 0.559. The Morgan fingerprint density at radius 1 is 0.436 bits per heavy atom. The van der Waals surface area contributed by atoms with Crippen molar-refractivity contribution in [3.05, 3.63) is 176 Å². The molecule has 0 aliphatic rings. The zero-order valence-corrected chi connectivity index (χ0v) is 29.3. The minimum Gasteiger partial charge on any atom is -0.456 e. The summed E-state index contributed by atoms with van der Waals surface area (Å²) in [5.41, 5.74) is 11.5. The maximum Gasteiger partial charge on any atom is 0.227 e. The van der Waals surface area contributed by atoms with Gasteiger partial charge in [0.05, 0.1) is 27.8 Å². The fourth-order valence-electron chi connectivity index (χ4n) is 8.36. The molecule has 0 aliphatic carbocycles. The summed E-state index contributed by atoms with van der Waals surface area (Å²) in [7, 11) is 0. The number of nitrogens with zero attached hydrogens (tertiary/aromatic N) is 3. The van der Waals surface area contributed by atoms with Crippen molar-refractivity contribution in [2.24, 2.45) is 0 Å². The van der Waals surface area contributed by atoms with Crippen molar-refractivity contribution < 1.29 is 13.3 Å². The van der Waals surface area contributed by atoms with E-state index in [9.17, 15) is 0 Å². The van der Waals surface area contributed by atoms with Crippen LogP contribution < -0.4 is 4.90 Å². The molecule has 12 aromatic rings. The number of benzene rings is 8. The predicted octanol–water partition coefficient (Wildman–Crippen LogP) is 13.9. The molecule has 12 rings (SSSR count). The van der Waals surface area contributed by atoms with Gasteiger partial charge >= 0.3 is 0 Å². The Kier molecular flexibility index (Phi) is 6.24. The van der Waals surface area contributed by atoms with Gasteiger partial charge in [0, 0.05) is 56.0 Å². The van der Waals surface area contributed by atoms with Crippen molar-refractivity contribution in [2.45, 2.75) is 0 Å². The van der Waals surface area contributed by atoms with Gasteiger partial charge in [0.2, 0.25) is 5.89 Å². The van der Waals surface area contributed by atoms with Gasteiger partial charge in [-0.1, -0.05) is 97.1 Å². The Balaban J connectivity index is 1.19. The lowest BCUT2D eigenvalue weighted by Gasteiger charge is -2.26. The fraction of sp³-hybridized carbons (Fsp3) is 0. The second-order valence-electron chi connectivity index (χ2n) is 13.9. The molecule has 0 saturated heterocycles. The third-order valence-corrected chi connectivity index (χ3v) is 10.8. The van der Waals surface area contributed by atoms with E-state index in [-0.39, 0.29) is 0 Å². The van der Waals surface area contributed by atoms with Crippen molar-refractivity contribution in [3.8, 4) is 17.1 Å². The molecule has 0 N–H and O–H groups in total. The van der Waals surface area contributed by atoms with Crippen molar-refractivity contribution in [3.63, 3.8) is 0 Å². The average molecular weight is 708 g/mol. The van der Waals surface area contributed by atoms with E-state index in [0.717, 1.165) is 88.7 Å². The lowest BCUT2D eigenvalue weighted by molar-refractivity contribution is 0.619. The van der Waals surface area contributed by atoms with Crippen molar-refractivity contribution in [1.29, 1.82) is 0 Å². The first-order chi connectivity index (χ1) is 27.3. The van der Waals surface area contributed by atoms with Gasteiger partial charge in [-0.3, -0.25) is 0 Å². The summed E-state index contributed by atoms with van der Waals surface area (Å²) in [6.07, 6.45) is 0. The van der Waals surface area contributed by atoms with Crippen LogP contribution in [0.2, 0.25) is 0 Å². The molecule has 8 aromatic carbocycles. The molecule has 0 radical (unpaired) electrons. The van der Waals surface area contributed by atoms with Crippen LogP contribution >= 0.6 is 0 Å². The fourth-order valence-corrected chi connectivity index (χ4v) is 8.36. The molecule has 0 atom stereocenters. The minimum absolute atomic E-state index is 0.559. The smallest absolute Gasteiger partial charge is 0.227 e. The maximum absolute atomic E-state index is 6.84. The van der Waals surface area contributed by atoms with Crippen LogP contribution in [0.15, 0.2) is 189 Å². The standard InChI is InChI=1S/C49H29N3O3/c1-3-13-30(14-4-1)49-50-47-45(55-49)29-41(48-46(47)38-19-9-12-22-43(38)54-48)51(33-24-26-37-36-18-8-11-21-42(36)53-44(37)28-33)32-23-25-35-34-17-7-10-20-39(34)52(40(35)27-32)31-15-5-2-6-16-31/h1-29H. The van der Waals surface area contributed by atoms with E-state index in [1.807, 2.05) is 66.7 Å². The molecule has 6 nitrogen and oxygen atoms in total. The van der Waals surface area contributed by atoms with E-state index in [1.54, 1.807) is 0 Å². The molecule has 258 valence electrons. The number of para-hydroxylation sites is 4. The number of fused-ring (bicyclic) bond motifs is 11. The molecule has 0 aliphatic heterocycles. The second-order valence-corrected chi connectivity index (χ2v) is 13.9. The van der Waals surface area contributed by atoms with Gasteiger partial charge in [0.1, 0.15) is 22.3 Å². The van der Waals surface area contributed by atoms with Crippen LogP contribution in [-0.2, 0) is 0 Å². The second kappa shape index (κ2) is 11.5. The van der Waals surface area contributed by atoms with Gasteiger partial charge in [-0.2, -0.15) is 0 Å². The number of hydrogen-bond acceptors (Lipinski definition) is 5. The number of anilines is 3. The zero-order chi connectivity index (χ0) is 36.0. The first-order valence-corrected chi connectivity index (χ1v) is 18.4. The molecule has 0 fully saturated rings. The highest BCUT2D eigenvalue weighted by molar-refractivity contribution is 6.21. The van der Waals surface area contributed by atoms with Crippen LogP contribution in [0, 0.1) is 0 Å². The third-order valence-electron chi connectivity index (χ3n) is 10.8. The SMILES string of the molecule is c1ccc(-c2nc3c(cc(N(c4ccc5c(c4)oc4ccccc45)c4ccc5c6ccccc6n(-c6ccccc6)c5c4)c4oc5ccccc5c43)o2)cc1. The number of aromatic nitrogens is 2. The van der Waals surface area contributed by atoms with Crippen molar-refractivity contribution in [1.82, 2.24) is 9.55 Å². The molecule has 6 heteroatoms. The summed E-state index contributed by atoms with van der Waals surface area (Å²) in [6.45, 7) is 0. The lowest BCUT2D eigenvalue weighted by atomic mass is 10.1. The highest BCUT2D eigenvalue weighted by Gasteiger charge is 2.26. The molecule has 4 aromatic heterocycles. The molecule has 0 amide bonds. The quantitative estimate of drug-likeness (QED) is 0.178. The molecule has 4 heterocycles. The summed E-state index contributed by atoms with van der Waals surface area (Å²) in [5, 5.41) is 6.39. The topological polar surface area (TPSA) is 60.5 Å². The van der Waals surface area contributed by atoms with Crippen LogP contribution in [0.5, 0.6) is 0 Å². The van der Waals surface area contributed by atoms with Gasteiger partial charge in [-0.15, -0.1) is 0 Å². The monoisotopic (exact) mass is 707 g/mol. The lowest BCUT2D eigenvalue weighted by Crippen LogP contribution is -2.10. The Labute approximate surface area is 313 Å². The van der Waals surface area contributed by atoms with E-state index in [4.69, 9.17) is 18.2 Å². The van der Waals surface area contributed by atoms with Gasteiger partial charge in [0.15, 0.2) is 11.2 Å². The first-order valence-electron chi connectivity index (χ1n) is 18.4. The Morgan fingerprint density at radius 2 is 1.05 bits per heavy atom. The molecular formula is C49H29N3O3. The highest BCUT2D eigenvalue weighted by Crippen LogP contribution is 2.48. The Hall–Kier alpha value is -7.57. The number of rotatable bonds is 5. The third kappa shape index (κ3) is 4.46. The molecular weight excluding hydrogens is 679 g/mol. The number of furan rings is 2. The van der Waals surface area contributed by atoms with E-state index in [1.165, 1.54) is 10.8 Å². The van der Waals surface area contributed by atoms with Crippen LogP contribution in [0.3, 0.4) is 0 Å². The summed E-state index contributed by atoms with van der Waals surface area (Å²) in [4.78, 5) is 7.35. The summed E-state index contributed by atoms with van der Waals surface area (Å²) < 4.78 is 22.3. The summed E-state index contributed by atoms with van der Waals surface area (Å²) in [5.74, 6) is 0.559. The highest BCUT2D eigenvalue weighted by atomic mass is 16.4. The largest absolute Gasteiger partial charge is 0.456 e. The van der Waals surface area contributed by atoms with Gasteiger partial charge in [0.25, 0.3) is 0 Å². The number of oxazole rings is 1. The van der Waals surface area contributed by atoms with Gasteiger partial charge < -0.3 is 22.7 Å². The maximum atomic E-state index is 6.84. The van der Waals surface area contributed by atoms with E-state index in [2.05, 4.69) is 119 Å². The van der Waals surface area contributed by atoms with Crippen molar-refractivity contribution >= 4 is 93.8 Å². The Bertz CT molecular complexity index is 3440. The van der Waals surface area contributed by atoms with Crippen LogP contribution in [0.4, 0.5) is 17.1 Å². The van der Waals surface area contributed by atoms with Crippen LogP contribution in [-0.4, -0.2) is 9.55 Å². The molecule has 0 saturated carbocycles. The zero-order valence-electron chi connectivity index (χ0n) is 29.3. The van der Waals surface area contributed by atoms with Crippen LogP contribution in [0.25, 0.3) is 93.9 Å². The van der Waals surface area contributed by atoms with E-state index < -0.39 is 0 Å². The molecule has 55 heavy (non-hydrogen) atoms. The average Bonchev–Trinajstić information content (AvgIpc) is 4.02. The molecule has 0 bridgehead atoms. The molecule has 0 unspecified atom stereocenters. The van der Waals surface area contributed by atoms with Gasteiger partial charge in [-0.25, -0.2) is 4.98 Å². The summed E-state index contributed by atoms with van der Waals surface area (Å²) in [6, 6.07) is 60.7. The van der Waals surface area contributed by atoms with Crippen molar-refractivity contribution in [2.75, 3.05) is 4.90 Å². The van der Waals surface area contributed by atoms with Gasteiger partial charge in [-0.05, 0) is 66.7 Å². The van der Waals surface area contributed by atoms with E-state index in [0.29, 0.717) is 11.5 Å². The predicted molar refractivity (Wildman–Crippen MR) is 223 cm³/mol. The number of hydrogen-bond donors (Lipinski definition) is 0. The van der Waals surface area contributed by atoms with E-state index >= 15 is 0 Å².